The van der Waals surface area contributed by atoms with E-state index in [1.165, 1.54) is 12.3 Å². The molecule has 0 amide bonds. The Hall–Kier alpha value is -1.76. The van der Waals surface area contributed by atoms with E-state index in [0.717, 1.165) is 0 Å². The van der Waals surface area contributed by atoms with E-state index in [-0.39, 0.29) is 11.0 Å². The second kappa shape index (κ2) is 4.85. The first-order valence-electron chi connectivity index (χ1n) is 5.12. The lowest BCUT2D eigenvalue weighted by atomic mass is 10.2. The Morgan fingerprint density at radius 1 is 1.28 bits per heavy atom. The summed E-state index contributed by atoms with van der Waals surface area (Å²) in [6.07, 6.45) is 1.48. The molecule has 0 atom stereocenters. The number of aryl methyl sites for hydroxylation is 1. The minimum atomic E-state index is -0.295. The molecular formula is C13H8Cl2N2O. The van der Waals surface area contributed by atoms with Crippen LogP contribution in [0.25, 0.3) is 5.69 Å². The Morgan fingerprint density at radius 2 is 2.00 bits per heavy atom. The summed E-state index contributed by atoms with van der Waals surface area (Å²) in [6.45, 7) is 1.77. The van der Waals surface area contributed by atoms with E-state index in [1.54, 1.807) is 29.7 Å². The van der Waals surface area contributed by atoms with Crippen molar-refractivity contribution in [3.63, 3.8) is 0 Å². The Labute approximate surface area is 114 Å². The minimum Gasteiger partial charge on any atom is -0.318 e. The molecule has 2 aromatic rings. The van der Waals surface area contributed by atoms with E-state index < -0.39 is 0 Å². The second-order valence-electron chi connectivity index (χ2n) is 3.77. The van der Waals surface area contributed by atoms with Gasteiger partial charge in [-0.3, -0.25) is 4.79 Å². The fourth-order valence-electron chi connectivity index (χ4n) is 1.65. The predicted octanol–water partition coefficient (Wildman–Crippen LogP) is 3.32. The van der Waals surface area contributed by atoms with Gasteiger partial charge in [0.15, 0.2) is 5.43 Å². The number of aromatic nitrogens is 1. The fourth-order valence-corrected chi connectivity index (χ4v) is 2.15. The lowest BCUT2D eigenvalue weighted by Gasteiger charge is -2.12. The Kier molecular flexibility index (Phi) is 3.42. The second-order valence-corrected chi connectivity index (χ2v) is 4.61. The van der Waals surface area contributed by atoms with Gasteiger partial charge >= 0.3 is 0 Å². The van der Waals surface area contributed by atoms with Crippen molar-refractivity contribution in [2.24, 2.45) is 0 Å². The number of hydrogen-bond acceptors (Lipinski definition) is 2. The van der Waals surface area contributed by atoms with Gasteiger partial charge in [-0.05, 0) is 25.1 Å². The summed E-state index contributed by atoms with van der Waals surface area (Å²) in [5.41, 5.74) is 1.15. The minimum absolute atomic E-state index is 0.0756. The van der Waals surface area contributed by atoms with Crippen molar-refractivity contribution >= 4 is 23.2 Å². The third-order valence-corrected chi connectivity index (χ3v) is 3.07. The van der Waals surface area contributed by atoms with Crippen LogP contribution < -0.4 is 5.43 Å². The molecule has 0 saturated heterocycles. The van der Waals surface area contributed by atoms with Crippen molar-refractivity contribution in [2.75, 3.05) is 0 Å². The molecule has 0 spiro atoms. The highest BCUT2D eigenvalue weighted by Gasteiger charge is 2.08. The van der Waals surface area contributed by atoms with Crippen molar-refractivity contribution in [1.82, 2.24) is 4.57 Å². The topological polar surface area (TPSA) is 45.8 Å². The van der Waals surface area contributed by atoms with Gasteiger partial charge in [0.2, 0.25) is 0 Å². The Morgan fingerprint density at radius 3 is 2.61 bits per heavy atom. The van der Waals surface area contributed by atoms with E-state index in [0.29, 0.717) is 21.4 Å². The smallest absolute Gasteiger partial charge is 0.199 e. The number of hydrogen-bond donors (Lipinski definition) is 0. The van der Waals surface area contributed by atoms with Gasteiger partial charge in [0.1, 0.15) is 11.6 Å². The van der Waals surface area contributed by atoms with Crippen LogP contribution in [0.2, 0.25) is 10.0 Å². The predicted molar refractivity (Wildman–Crippen MR) is 71.5 cm³/mol. The van der Waals surface area contributed by atoms with Gasteiger partial charge in [-0.2, -0.15) is 5.26 Å². The monoisotopic (exact) mass is 278 g/mol. The molecule has 0 aliphatic rings. The largest absolute Gasteiger partial charge is 0.318 e. The molecule has 0 unspecified atom stereocenters. The molecule has 0 aliphatic carbocycles. The standard InChI is InChI=1S/C13H8Cl2N2O/c1-8-4-13(18)9(6-16)7-17(8)12-3-2-10(14)5-11(12)15/h2-5,7H,1H3. The summed E-state index contributed by atoms with van der Waals surface area (Å²) in [6, 6.07) is 8.32. The normalized spacial score (nSPS) is 10.1. The molecule has 1 aromatic heterocycles. The maximum atomic E-state index is 11.5. The highest BCUT2D eigenvalue weighted by Crippen LogP contribution is 2.25. The van der Waals surface area contributed by atoms with E-state index in [4.69, 9.17) is 28.5 Å². The molecule has 0 aliphatic heterocycles. The van der Waals surface area contributed by atoms with Crippen LogP contribution in [0.5, 0.6) is 0 Å². The average molecular weight is 279 g/mol. The first-order valence-corrected chi connectivity index (χ1v) is 5.87. The van der Waals surface area contributed by atoms with Gasteiger partial charge in [-0.1, -0.05) is 23.2 Å². The van der Waals surface area contributed by atoms with Crippen LogP contribution in [0.4, 0.5) is 0 Å². The zero-order valence-corrected chi connectivity index (χ0v) is 11.0. The maximum Gasteiger partial charge on any atom is 0.199 e. The fraction of sp³-hybridized carbons (Fsp3) is 0.0769. The van der Waals surface area contributed by atoms with Crippen LogP contribution in [0.1, 0.15) is 11.3 Å². The van der Waals surface area contributed by atoms with Gasteiger partial charge < -0.3 is 4.57 Å². The average Bonchev–Trinajstić information content (AvgIpc) is 2.30. The van der Waals surface area contributed by atoms with Gasteiger partial charge in [-0.25, -0.2) is 0 Å². The summed E-state index contributed by atoms with van der Waals surface area (Å²) in [5.74, 6) is 0. The molecule has 0 saturated carbocycles. The summed E-state index contributed by atoms with van der Waals surface area (Å²) < 4.78 is 1.69. The number of rotatable bonds is 1. The molecule has 1 aromatic carbocycles. The van der Waals surface area contributed by atoms with E-state index in [9.17, 15) is 4.79 Å². The molecule has 3 nitrogen and oxygen atoms in total. The van der Waals surface area contributed by atoms with Gasteiger partial charge in [0.25, 0.3) is 0 Å². The van der Waals surface area contributed by atoms with Crippen molar-refractivity contribution in [1.29, 1.82) is 5.26 Å². The lowest BCUT2D eigenvalue weighted by Crippen LogP contribution is -2.12. The highest BCUT2D eigenvalue weighted by molar-refractivity contribution is 6.35. The highest BCUT2D eigenvalue weighted by atomic mass is 35.5. The van der Waals surface area contributed by atoms with Crippen molar-refractivity contribution in [3.05, 3.63) is 62.0 Å². The maximum absolute atomic E-state index is 11.5. The zero-order chi connectivity index (χ0) is 13.3. The van der Waals surface area contributed by atoms with Gasteiger partial charge in [-0.15, -0.1) is 0 Å². The molecule has 90 valence electrons. The molecular weight excluding hydrogens is 271 g/mol. The molecule has 5 heteroatoms. The van der Waals surface area contributed by atoms with Crippen molar-refractivity contribution in [2.45, 2.75) is 6.92 Å². The molecule has 1 heterocycles. The third kappa shape index (κ3) is 2.26. The number of nitriles is 1. The van der Waals surface area contributed by atoms with Gasteiger partial charge in [0, 0.05) is 23.0 Å². The first kappa shape index (κ1) is 12.7. The SMILES string of the molecule is Cc1cc(=O)c(C#N)cn1-c1ccc(Cl)cc1Cl. The van der Waals surface area contributed by atoms with Crippen LogP contribution in [0.3, 0.4) is 0 Å². The molecule has 0 fully saturated rings. The molecule has 2 rings (SSSR count). The molecule has 0 N–H and O–H groups in total. The van der Waals surface area contributed by atoms with Crippen molar-refractivity contribution < 1.29 is 0 Å². The molecule has 0 radical (unpaired) electrons. The first-order chi connectivity index (χ1) is 8.52. The Bertz CT molecular complexity index is 714. The van der Waals surface area contributed by atoms with Crippen molar-refractivity contribution in [3.8, 4) is 11.8 Å². The number of benzene rings is 1. The number of halogens is 2. The van der Waals surface area contributed by atoms with Crippen LogP contribution in [-0.4, -0.2) is 4.57 Å². The third-order valence-electron chi connectivity index (χ3n) is 2.53. The number of nitrogens with zero attached hydrogens (tertiary/aromatic N) is 2. The van der Waals surface area contributed by atoms with Gasteiger partial charge in [0.05, 0.1) is 10.7 Å². The Balaban J connectivity index is 2.72. The van der Waals surface area contributed by atoms with Crippen LogP contribution in [-0.2, 0) is 0 Å². The lowest BCUT2D eigenvalue weighted by molar-refractivity contribution is 0.968. The van der Waals surface area contributed by atoms with E-state index in [1.807, 2.05) is 6.07 Å². The summed E-state index contributed by atoms with van der Waals surface area (Å²) >= 11 is 11.9. The van der Waals surface area contributed by atoms with Crippen LogP contribution >= 0.6 is 23.2 Å². The number of pyridine rings is 1. The summed E-state index contributed by atoms with van der Waals surface area (Å²) in [5, 5.41) is 9.86. The molecule has 18 heavy (non-hydrogen) atoms. The summed E-state index contributed by atoms with van der Waals surface area (Å²) in [7, 11) is 0. The quantitative estimate of drug-likeness (QED) is 0.803. The van der Waals surface area contributed by atoms with E-state index in [2.05, 4.69) is 0 Å². The summed E-state index contributed by atoms with van der Waals surface area (Å²) in [4.78, 5) is 11.5. The van der Waals surface area contributed by atoms with Crippen LogP contribution in [0, 0.1) is 18.3 Å². The van der Waals surface area contributed by atoms with Crippen LogP contribution in [0.15, 0.2) is 35.3 Å². The molecule has 0 bridgehead atoms. The van der Waals surface area contributed by atoms with E-state index >= 15 is 0 Å². The zero-order valence-electron chi connectivity index (χ0n) is 9.45.